The molecule has 9 nitrogen and oxygen atoms in total. The second-order valence-corrected chi connectivity index (χ2v) is 9.60. The van der Waals surface area contributed by atoms with Gasteiger partial charge in [-0.15, -0.1) is 0 Å². The standard InChI is InChI=1S/C26H23ClN4O5/c1-13-5-6-16(10-19(13)27)29-24(34)18-11-17(18)14-3-2-4-15(9-14)28-20-12-23(33)31(26(20)36)21-7-8-22(32)30-25(21)35/h2-6,9-10,12,17-18,21,28H,7-8,11H2,1H3,(H,29,34)(H,30,32,35)/t17-,18-,21?/m1/s1. The van der Waals surface area contributed by atoms with Crippen LogP contribution < -0.4 is 16.0 Å². The lowest BCUT2D eigenvalue weighted by atomic mass is 10.0. The van der Waals surface area contributed by atoms with Gasteiger partial charge in [-0.3, -0.25) is 34.2 Å². The highest BCUT2D eigenvalue weighted by Gasteiger charge is 2.44. The molecular formula is C26H23ClN4O5. The predicted molar refractivity (Wildman–Crippen MR) is 132 cm³/mol. The third-order valence-electron chi connectivity index (χ3n) is 6.64. The summed E-state index contributed by atoms with van der Waals surface area (Å²) in [5.74, 6) is -2.55. The fraction of sp³-hybridized carbons (Fsp3) is 0.269. The molecule has 2 aromatic rings. The van der Waals surface area contributed by atoms with Crippen LogP contribution in [0.2, 0.25) is 5.02 Å². The smallest absolute Gasteiger partial charge is 0.278 e. The van der Waals surface area contributed by atoms with E-state index in [2.05, 4.69) is 16.0 Å². The highest BCUT2D eigenvalue weighted by Crippen LogP contribution is 2.48. The number of halogens is 1. The van der Waals surface area contributed by atoms with Crippen molar-refractivity contribution in [3.8, 4) is 0 Å². The molecule has 1 saturated carbocycles. The van der Waals surface area contributed by atoms with Gasteiger partial charge in [-0.05, 0) is 61.1 Å². The number of carbonyl (C=O) groups excluding carboxylic acids is 5. The van der Waals surface area contributed by atoms with Gasteiger partial charge in [0.25, 0.3) is 11.8 Å². The molecule has 0 aromatic heterocycles. The number of hydrogen-bond donors (Lipinski definition) is 3. The van der Waals surface area contributed by atoms with Crippen molar-refractivity contribution in [2.45, 2.75) is 38.1 Å². The van der Waals surface area contributed by atoms with E-state index in [0.29, 0.717) is 22.8 Å². The maximum atomic E-state index is 12.9. The first-order chi connectivity index (χ1) is 17.2. The summed E-state index contributed by atoms with van der Waals surface area (Å²) < 4.78 is 0. The third kappa shape index (κ3) is 4.61. The van der Waals surface area contributed by atoms with Crippen LogP contribution >= 0.6 is 11.6 Å². The molecule has 0 radical (unpaired) electrons. The van der Waals surface area contributed by atoms with E-state index >= 15 is 0 Å². The number of piperidine rings is 1. The van der Waals surface area contributed by atoms with Gasteiger partial charge >= 0.3 is 0 Å². The topological polar surface area (TPSA) is 125 Å². The van der Waals surface area contributed by atoms with Gasteiger partial charge in [-0.2, -0.15) is 0 Å². The van der Waals surface area contributed by atoms with Crippen LogP contribution in [0.5, 0.6) is 0 Å². The highest BCUT2D eigenvalue weighted by molar-refractivity contribution is 6.31. The normalized spacial score (nSPS) is 23.3. The van der Waals surface area contributed by atoms with Crippen molar-refractivity contribution < 1.29 is 24.0 Å². The number of anilines is 2. The lowest BCUT2D eigenvalue weighted by molar-refractivity contribution is -0.149. The van der Waals surface area contributed by atoms with Crippen molar-refractivity contribution in [3.63, 3.8) is 0 Å². The molecule has 0 bridgehead atoms. The largest absolute Gasteiger partial charge is 0.351 e. The summed E-state index contributed by atoms with van der Waals surface area (Å²) in [6, 6.07) is 11.7. The molecule has 2 heterocycles. The van der Waals surface area contributed by atoms with E-state index in [1.165, 1.54) is 0 Å². The Bertz CT molecular complexity index is 1350. The zero-order chi connectivity index (χ0) is 25.6. The SMILES string of the molecule is Cc1ccc(NC(=O)[C@@H]2C[C@@H]2c2cccc(NC3=CC(=O)N(C4CCC(=O)NC4=O)C3=O)c2)cc1Cl. The number of imide groups is 2. The van der Waals surface area contributed by atoms with Gasteiger partial charge in [0.15, 0.2) is 0 Å². The van der Waals surface area contributed by atoms with Gasteiger partial charge in [0.1, 0.15) is 11.7 Å². The summed E-state index contributed by atoms with van der Waals surface area (Å²) in [5, 5.41) is 8.63. The predicted octanol–water partition coefficient (Wildman–Crippen LogP) is 2.86. The van der Waals surface area contributed by atoms with E-state index in [-0.39, 0.29) is 36.3 Å². The van der Waals surface area contributed by atoms with E-state index in [1.54, 1.807) is 12.1 Å². The lowest BCUT2D eigenvalue weighted by Gasteiger charge is -2.28. The maximum Gasteiger partial charge on any atom is 0.278 e. The number of nitrogens with zero attached hydrogens (tertiary/aromatic N) is 1. The molecule has 3 N–H and O–H groups in total. The molecule has 184 valence electrons. The van der Waals surface area contributed by atoms with Crippen molar-refractivity contribution in [3.05, 3.63) is 70.4 Å². The van der Waals surface area contributed by atoms with Gasteiger partial charge in [-0.25, -0.2) is 0 Å². The molecule has 1 aliphatic carbocycles. The molecule has 5 amide bonds. The average molecular weight is 507 g/mol. The first-order valence-corrected chi connectivity index (χ1v) is 12.0. The summed E-state index contributed by atoms with van der Waals surface area (Å²) >= 11 is 6.15. The summed E-state index contributed by atoms with van der Waals surface area (Å²) in [5.41, 5.74) is 3.14. The number of hydrogen-bond acceptors (Lipinski definition) is 6. The first kappa shape index (κ1) is 23.7. The molecule has 2 fully saturated rings. The first-order valence-electron chi connectivity index (χ1n) is 11.6. The minimum atomic E-state index is -1.02. The number of amides is 5. The minimum absolute atomic E-state index is 0.0301. The molecule has 10 heteroatoms. The van der Waals surface area contributed by atoms with E-state index in [4.69, 9.17) is 11.6 Å². The van der Waals surface area contributed by atoms with Crippen LogP contribution in [0.3, 0.4) is 0 Å². The van der Waals surface area contributed by atoms with E-state index in [0.717, 1.165) is 22.1 Å². The molecular weight excluding hydrogens is 484 g/mol. The molecule has 5 rings (SSSR count). The molecule has 3 atom stereocenters. The van der Waals surface area contributed by atoms with Crippen LogP contribution in [0, 0.1) is 12.8 Å². The van der Waals surface area contributed by atoms with E-state index < -0.39 is 29.7 Å². The number of aryl methyl sites for hydroxylation is 1. The van der Waals surface area contributed by atoms with Gasteiger partial charge < -0.3 is 10.6 Å². The van der Waals surface area contributed by atoms with Crippen LogP contribution in [0.4, 0.5) is 11.4 Å². The maximum absolute atomic E-state index is 12.9. The lowest BCUT2D eigenvalue weighted by Crippen LogP contribution is -2.54. The zero-order valence-corrected chi connectivity index (χ0v) is 20.1. The van der Waals surface area contributed by atoms with Crippen LogP contribution in [-0.4, -0.2) is 40.5 Å². The van der Waals surface area contributed by atoms with Gasteiger partial charge in [-0.1, -0.05) is 29.8 Å². The second-order valence-electron chi connectivity index (χ2n) is 9.19. The fourth-order valence-electron chi connectivity index (χ4n) is 4.56. The van der Waals surface area contributed by atoms with Gasteiger partial charge in [0, 0.05) is 34.8 Å². The monoisotopic (exact) mass is 506 g/mol. The van der Waals surface area contributed by atoms with E-state index in [9.17, 15) is 24.0 Å². The second kappa shape index (κ2) is 9.23. The summed E-state index contributed by atoms with van der Waals surface area (Å²) in [4.78, 5) is 62.5. The number of nitrogens with one attached hydrogen (secondary N) is 3. The number of benzene rings is 2. The highest BCUT2D eigenvalue weighted by atomic mass is 35.5. The Morgan fingerprint density at radius 3 is 2.64 bits per heavy atom. The molecule has 2 aliphatic heterocycles. The fourth-order valence-corrected chi connectivity index (χ4v) is 4.74. The van der Waals surface area contributed by atoms with Crippen molar-refractivity contribution >= 4 is 52.5 Å². The Morgan fingerprint density at radius 1 is 1.08 bits per heavy atom. The summed E-state index contributed by atoms with van der Waals surface area (Å²) in [6.45, 7) is 1.89. The van der Waals surface area contributed by atoms with Crippen molar-refractivity contribution in [1.82, 2.24) is 10.2 Å². The molecule has 1 unspecified atom stereocenters. The Balaban J connectivity index is 1.23. The van der Waals surface area contributed by atoms with Crippen molar-refractivity contribution in [1.29, 1.82) is 0 Å². The van der Waals surface area contributed by atoms with Crippen molar-refractivity contribution in [2.24, 2.45) is 5.92 Å². The van der Waals surface area contributed by atoms with Crippen LogP contribution in [0.25, 0.3) is 0 Å². The summed E-state index contributed by atoms with van der Waals surface area (Å²) in [7, 11) is 0. The Labute approximate surface area is 211 Å². The summed E-state index contributed by atoms with van der Waals surface area (Å²) in [6.07, 6.45) is 2.00. The third-order valence-corrected chi connectivity index (χ3v) is 7.04. The molecule has 3 aliphatic rings. The average Bonchev–Trinajstić information content (AvgIpc) is 3.59. The molecule has 2 aromatic carbocycles. The van der Waals surface area contributed by atoms with Crippen molar-refractivity contribution in [2.75, 3.05) is 10.6 Å². The minimum Gasteiger partial charge on any atom is -0.351 e. The van der Waals surface area contributed by atoms with E-state index in [1.807, 2.05) is 37.3 Å². The molecule has 36 heavy (non-hydrogen) atoms. The Hall–Kier alpha value is -3.98. The number of carbonyl (C=O) groups is 5. The molecule has 1 saturated heterocycles. The van der Waals surface area contributed by atoms with Crippen LogP contribution in [0.1, 0.15) is 36.3 Å². The number of rotatable bonds is 6. The Morgan fingerprint density at radius 2 is 1.89 bits per heavy atom. The van der Waals surface area contributed by atoms with Crippen LogP contribution in [0.15, 0.2) is 54.2 Å². The van der Waals surface area contributed by atoms with Gasteiger partial charge in [0.05, 0.1) is 0 Å². The van der Waals surface area contributed by atoms with Gasteiger partial charge in [0.2, 0.25) is 17.7 Å². The quantitative estimate of drug-likeness (QED) is 0.517. The molecule has 0 spiro atoms. The zero-order valence-electron chi connectivity index (χ0n) is 19.3. The Kier molecular flexibility index (Phi) is 6.09. The van der Waals surface area contributed by atoms with Crippen LogP contribution in [-0.2, 0) is 24.0 Å².